The maximum atomic E-state index is 12.8. The normalized spacial score (nSPS) is 10.7. The van der Waals surface area contributed by atoms with Gasteiger partial charge in [-0.1, -0.05) is 30.7 Å². The fourth-order valence-corrected chi connectivity index (χ4v) is 2.04. The molecular weight excluding hydrogens is 273 g/mol. The fraction of sp³-hybridized carbons (Fsp3) is 0.250. The molecule has 0 amide bonds. The van der Waals surface area contributed by atoms with Gasteiger partial charge in [-0.2, -0.15) is 5.10 Å². The van der Waals surface area contributed by atoms with Gasteiger partial charge in [0.2, 0.25) is 5.15 Å². The Morgan fingerprint density at radius 3 is 2.53 bits per heavy atom. The summed E-state index contributed by atoms with van der Waals surface area (Å²) in [6.07, 6.45) is 0.423. The maximum Gasteiger partial charge on any atom is 0.329 e. The molecule has 0 spiro atoms. The van der Waals surface area contributed by atoms with E-state index in [1.807, 2.05) is 0 Å². The van der Waals surface area contributed by atoms with Crippen molar-refractivity contribution in [2.75, 3.05) is 0 Å². The van der Waals surface area contributed by atoms with Crippen molar-refractivity contribution in [3.05, 3.63) is 56.6 Å². The molecule has 0 unspecified atom stereocenters. The SMILES string of the molecule is CCc1nn(Cc2ccc(F)cc2)c(Cl)c1[N+](=O)[O-]. The van der Waals surface area contributed by atoms with Gasteiger partial charge in [-0.15, -0.1) is 0 Å². The van der Waals surface area contributed by atoms with E-state index in [0.29, 0.717) is 12.1 Å². The fourth-order valence-electron chi connectivity index (χ4n) is 1.76. The van der Waals surface area contributed by atoms with Crippen LogP contribution in [0.1, 0.15) is 18.2 Å². The van der Waals surface area contributed by atoms with E-state index in [-0.39, 0.29) is 23.2 Å². The molecule has 0 aliphatic heterocycles. The summed E-state index contributed by atoms with van der Waals surface area (Å²) in [6.45, 7) is 2.04. The average Bonchev–Trinajstić information content (AvgIpc) is 2.69. The molecule has 0 fully saturated rings. The van der Waals surface area contributed by atoms with Crippen LogP contribution in [0.2, 0.25) is 5.15 Å². The number of rotatable bonds is 4. The van der Waals surface area contributed by atoms with E-state index in [4.69, 9.17) is 11.6 Å². The van der Waals surface area contributed by atoms with E-state index < -0.39 is 4.92 Å². The number of nitro groups is 1. The highest BCUT2D eigenvalue weighted by Crippen LogP contribution is 2.29. The Morgan fingerprint density at radius 1 is 1.42 bits per heavy atom. The van der Waals surface area contributed by atoms with Crippen molar-refractivity contribution in [3.8, 4) is 0 Å². The molecule has 0 radical (unpaired) electrons. The molecule has 1 aromatic carbocycles. The molecule has 5 nitrogen and oxygen atoms in total. The van der Waals surface area contributed by atoms with Gasteiger partial charge in [-0.25, -0.2) is 9.07 Å². The Morgan fingerprint density at radius 2 is 2.05 bits per heavy atom. The van der Waals surface area contributed by atoms with Crippen LogP contribution < -0.4 is 0 Å². The molecule has 2 aromatic rings. The molecule has 19 heavy (non-hydrogen) atoms. The minimum absolute atomic E-state index is 0.00817. The molecule has 100 valence electrons. The van der Waals surface area contributed by atoms with Crippen molar-refractivity contribution in [3.63, 3.8) is 0 Å². The molecule has 0 saturated heterocycles. The van der Waals surface area contributed by atoms with Gasteiger partial charge in [-0.05, 0) is 24.1 Å². The van der Waals surface area contributed by atoms with Crippen LogP contribution in [0.25, 0.3) is 0 Å². The summed E-state index contributed by atoms with van der Waals surface area (Å²) in [6, 6.07) is 5.82. The van der Waals surface area contributed by atoms with E-state index in [1.54, 1.807) is 19.1 Å². The Balaban J connectivity index is 2.35. The third kappa shape index (κ3) is 2.73. The number of nitrogens with zero attached hydrogens (tertiary/aromatic N) is 3. The van der Waals surface area contributed by atoms with Crippen LogP contribution in [0.5, 0.6) is 0 Å². The highest BCUT2D eigenvalue weighted by atomic mass is 35.5. The first-order valence-electron chi connectivity index (χ1n) is 5.67. The summed E-state index contributed by atoms with van der Waals surface area (Å²) in [5.74, 6) is -0.337. The van der Waals surface area contributed by atoms with E-state index in [1.165, 1.54) is 16.8 Å². The summed E-state index contributed by atoms with van der Waals surface area (Å²) < 4.78 is 14.1. The number of aromatic nitrogens is 2. The van der Waals surface area contributed by atoms with Crippen LogP contribution >= 0.6 is 11.6 Å². The molecule has 7 heteroatoms. The second-order valence-corrected chi connectivity index (χ2v) is 4.34. The lowest BCUT2D eigenvalue weighted by Gasteiger charge is -2.02. The Bertz CT molecular complexity index is 610. The third-order valence-corrected chi connectivity index (χ3v) is 3.07. The van der Waals surface area contributed by atoms with Gasteiger partial charge in [0.05, 0.1) is 11.5 Å². The summed E-state index contributed by atoms with van der Waals surface area (Å²) in [5, 5.41) is 15.0. The van der Waals surface area contributed by atoms with Gasteiger partial charge < -0.3 is 0 Å². The molecule has 0 N–H and O–H groups in total. The Kier molecular flexibility index (Phi) is 3.80. The van der Waals surface area contributed by atoms with Crippen LogP contribution in [0.15, 0.2) is 24.3 Å². The monoisotopic (exact) mass is 283 g/mol. The molecule has 1 heterocycles. The van der Waals surface area contributed by atoms with Crippen molar-refractivity contribution < 1.29 is 9.31 Å². The molecular formula is C12H11ClFN3O2. The smallest absolute Gasteiger partial charge is 0.258 e. The van der Waals surface area contributed by atoms with Gasteiger partial charge in [0.25, 0.3) is 0 Å². The molecule has 0 aliphatic carbocycles. The van der Waals surface area contributed by atoms with Crippen LogP contribution in [-0.2, 0) is 13.0 Å². The number of halogens is 2. The molecule has 1 aromatic heterocycles. The number of hydrogen-bond acceptors (Lipinski definition) is 3. The second kappa shape index (κ2) is 5.36. The minimum atomic E-state index is -0.532. The summed E-state index contributed by atoms with van der Waals surface area (Å²) >= 11 is 5.97. The van der Waals surface area contributed by atoms with Gasteiger partial charge in [0, 0.05) is 0 Å². The number of benzene rings is 1. The second-order valence-electron chi connectivity index (χ2n) is 3.98. The lowest BCUT2D eigenvalue weighted by atomic mass is 10.2. The standard InChI is InChI=1S/C12H11ClFN3O2/c1-2-10-11(17(18)19)12(13)16(15-10)7-8-3-5-9(14)6-4-8/h3-6H,2,7H2,1H3. The third-order valence-electron chi connectivity index (χ3n) is 2.70. The quantitative estimate of drug-likeness (QED) is 0.639. The van der Waals surface area contributed by atoms with Crippen LogP contribution in [0.4, 0.5) is 10.1 Å². The van der Waals surface area contributed by atoms with Crippen molar-refractivity contribution in [2.24, 2.45) is 0 Å². The highest BCUT2D eigenvalue weighted by Gasteiger charge is 2.25. The topological polar surface area (TPSA) is 61.0 Å². The molecule has 0 aliphatic rings. The number of hydrogen-bond donors (Lipinski definition) is 0. The first-order valence-corrected chi connectivity index (χ1v) is 6.04. The highest BCUT2D eigenvalue weighted by molar-refractivity contribution is 6.31. The molecule has 0 bridgehead atoms. The summed E-state index contributed by atoms with van der Waals surface area (Å²) in [4.78, 5) is 10.4. The van der Waals surface area contributed by atoms with Crippen molar-refractivity contribution in [1.82, 2.24) is 9.78 Å². The molecule has 0 atom stereocenters. The zero-order valence-electron chi connectivity index (χ0n) is 10.1. The van der Waals surface area contributed by atoms with Crippen LogP contribution in [-0.4, -0.2) is 14.7 Å². The Labute approximate surface area is 113 Å². The van der Waals surface area contributed by atoms with E-state index >= 15 is 0 Å². The largest absolute Gasteiger partial charge is 0.329 e. The zero-order valence-corrected chi connectivity index (χ0v) is 10.9. The molecule has 0 saturated carbocycles. The van der Waals surface area contributed by atoms with Gasteiger partial charge in [-0.3, -0.25) is 10.1 Å². The van der Waals surface area contributed by atoms with E-state index in [9.17, 15) is 14.5 Å². The maximum absolute atomic E-state index is 12.8. The Hall–Kier alpha value is -1.95. The first-order chi connectivity index (χ1) is 9.02. The van der Waals surface area contributed by atoms with E-state index in [2.05, 4.69) is 5.10 Å². The lowest BCUT2D eigenvalue weighted by molar-refractivity contribution is -0.385. The average molecular weight is 284 g/mol. The summed E-state index contributed by atoms with van der Waals surface area (Å²) in [5.41, 5.74) is 0.951. The van der Waals surface area contributed by atoms with Gasteiger partial charge in [0.1, 0.15) is 11.5 Å². The van der Waals surface area contributed by atoms with Crippen molar-refractivity contribution >= 4 is 17.3 Å². The minimum Gasteiger partial charge on any atom is -0.258 e. The predicted octanol–water partition coefficient (Wildman–Crippen LogP) is 3.19. The summed E-state index contributed by atoms with van der Waals surface area (Å²) in [7, 11) is 0. The first kappa shape index (κ1) is 13.5. The van der Waals surface area contributed by atoms with Crippen molar-refractivity contribution in [1.29, 1.82) is 0 Å². The van der Waals surface area contributed by atoms with Gasteiger partial charge >= 0.3 is 5.69 Å². The van der Waals surface area contributed by atoms with Crippen LogP contribution in [0.3, 0.4) is 0 Å². The van der Waals surface area contributed by atoms with Crippen LogP contribution in [0, 0.1) is 15.9 Å². The lowest BCUT2D eigenvalue weighted by Crippen LogP contribution is -2.02. The number of aryl methyl sites for hydroxylation is 1. The van der Waals surface area contributed by atoms with Gasteiger partial charge in [0.15, 0.2) is 0 Å². The predicted molar refractivity (Wildman–Crippen MR) is 68.8 cm³/mol. The van der Waals surface area contributed by atoms with E-state index in [0.717, 1.165) is 5.56 Å². The van der Waals surface area contributed by atoms with Crippen molar-refractivity contribution in [2.45, 2.75) is 19.9 Å². The molecule has 2 rings (SSSR count). The zero-order chi connectivity index (χ0) is 14.0.